The van der Waals surface area contributed by atoms with Gasteiger partial charge in [0.05, 0.1) is 5.57 Å². The van der Waals surface area contributed by atoms with Gasteiger partial charge in [-0.2, -0.15) is 0 Å². The van der Waals surface area contributed by atoms with E-state index in [1.54, 1.807) is 0 Å². The highest BCUT2D eigenvalue weighted by Gasteiger charge is 2.43. The largest absolute Gasteiger partial charge is 0.459 e. The summed E-state index contributed by atoms with van der Waals surface area (Å²) in [4.78, 5) is 27.5. The average molecular weight is 550 g/mol. The summed E-state index contributed by atoms with van der Waals surface area (Å²) in [5.74, 6) is 0.481. The minimum Gasteiger partial charge on any atom is -0.459 e. The average Bonchev–Trinajstić information content (AvgIpc) is 3.54. The van der Waals surface area contributed by atoms with E-state index in [4.69, 9.17) is 14.2 Å². The summed E-state index contributed by atoms with van der Waals surface area (Å²) in [6, 6.07) is 13.9. The number of benzene rings is 2. The van der Waals surface area contributed by atoms with Gasteiger partial charge in [-0.05, 0) is 68.2 Å². The quantitative estimate of drug-likeness (QED) is 0.469. The minimum atomic E-state index is -0.553. The van der Waals surface area contributed by atoms with E-state index in [2.05, 4.69) is 33.4 Å². The van der Waals surface area contributed by atoms with Gasteiger partial charge in [0.15, 0.2) is 17.3 Å². The molecule has 0 aromatic heterocycles. The van der Waals surface area contributed by atoms with Crippen LogP contribution in [0.15, 0.2) is 69.5 Å². The third-order valence-corrected chi connectivity index (χ3v) is 8.38. The molecule has 36 heavy (non-hydrogen) atoms. The van der Waals surface area contributed by atoms with Crippen molar-refractivity contribution in [2.75, 3.05) is 6.79 Å². The van der Waals surface area contributed by atoms with Crippen LogP contribution in [0.3, 0.4) is 0 Å². The van der Waals surface area contributed by atoms with Crippen molar-refractivity contribution in [3.63, 3.8) is 0 Å². The van der Waals surface area contributed by atoms with E-state index in [0.717, 1.165) is 52.7 Å². The minimum absolute atomic E-state index is 0.0471. The molecular formula is C29H28BrNO5. The monoisotopic (exact) mass is 549 g/mol. The van der Waals surface area contributed by atoms with Crippen LogP contribution in [-0.4, -0.2) is 24.6 Å². The fourth-order valence-electron chi connectivity index (χ4n) is 5.96. The second-order valence-electron chi connectivity index (χ2n) is 9.97. The highest BCUT2D eigenvalue weighted by atomic mass is 79.9. The number of ether oxygens (including phenoxy) is 3. The van der Waals surface area contributed by atoms with Gasteiger partial charge in [-0.1, -0.05) is 46.3 Å². The lowest BCUT2D eigenvalue weighted by atomic mass is 9.71. The van der Waals surface area contributed by atoms with Gasteiger partial charge in [0.1, 0.15) is 6.10 Å². The van der Waals surface area contributed by atoms with Gasteiger partial charge in [-0.3, -0.25) is 4.79 Å². The van der Waals surface area contributed by atoms with Gasteiger partial charge in [0.2, 0.25) is 6.79 Å². The molecule has 0 saturated heterocycles. The third kappa shape index (κ3) is 4.13. The fraction of sp³-hybridized carbons (Fsp3) is 0.379. The maximum atomic E-state index is 13.8. The number of Topliss-reactive ketones (excluding diaryl/α,β-unsaturated/α-hetero) is 1. The second-order valence-corrected chi connectivity index (χ2v) is 10.8. The molecule has 1 N–H and O–H groups in total. The van der Waals surface area contributed by atoms with Gasteiger partial charge < -0.3 is 19.5 Å². The maximum Gasteiger partial charge on any atom is 0.337 e. The molecule has 6 nitrogen and oxygen atoms in total. The van der Waals surface area contributed by atoms with Crippen LogP contribution in [0, 0.1) is 0 Å². The summed E-state index contributed by atoms with van der Waals surface area (Å²) in [6.45, 7) is 2.05. The number of fused-ring (bicyclic) bond motifs is 1. The third-order valence-electron chi connectivity index (χ3n) is 7.70. The first kappa shape index (κ1) is 23.3. The highest BCUT2D eigenvalue weighted by Crippen LogP contribution is 2.49. The zero-order valence-corrected chi connectivity index (χ0v) is 21.7. The molecule has 0 unspecified atom stereocenters. The lowest BCUT2D eigenvalue weighted by Crippen LogP contribution is -2.36. The summed E-state index contributed by atoms with van der Waals surface area (Å²) in [5.41, 5.74) is 4.69. The van der Waals surface area contributed by atoms with Crippen molar-refractivity contribution in [1.82, 2.24) is 5.32 Å². The summed E-state index contributed by atoms with van der Waals surface area (Å²) >= 11 is 3.69. The number of carbonyl (C=O) groups is 2. The Kier molecular flexibility index (Phi) is 6.12. The molecule has 2 heterocycles. The Hall–Kier alpha value is -3.06. The molecule has 2 aromatic rings. The summed E-state index contributed by atoms with van der Waals surface area (Å²) in [7, 11) is 0. The van der Waals surface area contributed by atoms with Crippen molar-refractivity contribution in [3.8, 4) is 11.5 Å². The van der Waals surface area contributed by atoms with E-state index in [1.807, 2.05) is 37.3 Å². The van der Waals surface area contributed by atoms with Crippen LogP contribution >= 0.6 is 15.9 Å². The zero-order valence-electron chi connectivity index (χ0n) is 20.1. The topological polar surface area (TPSA) is 73.9 Å². The smallest absolute Gasteiger partial charge is 0.337 e. The molecule has 6 rings (SSSR count). The molecular weight excluding hydrogens is 522 g/mol. The van der Waals surface area contributed by atoms with E-state index >= 15 is 0 Å². The number of nitrogens with one attached hydrogen (secondary N) is 1. The number of ketones is 1. The summed E-state index contributed by atoms with van der Waals surface area (Å²) < 4.78 is 17.9. The first-order chi connectivity index (χ1) is 17.5. The normalized spacial score (nSPS) is 23.6. The fourth-order valence-corrected chi connectivity index (χ4v) is 6.51. The van der Waals surface area contributed by atoms with Crippen molar-refractivity contribution in [3.05, 3.63) is 80.6 Å². The number of dihydropyridines is 1. The molecule has 0 amide bonds. The van der Waals surface area contributed by atoms with E-state index in [1.165, 1.54) is 0 Å². The molecule has 4 aliphatic rings. The molecule has 1 saturated carbocycles. The second kappa shape index (κ2) is 9.43. The predicted octanol–water partition coefficient (Wildman–Crippen LogP) is 6.03. The molecule has 0 bridgehead atoms. The standard InChI is InChI=1S/C29H28BrNO5/c1-16-26(29(33)36-19-9-5-6-10-19)27(20-13-24-25(14-21(20)30)35-15-34-24)28-22(31-16)11-18(12-23(28)32)17-7-3-2-4-8-17/h2-4,7-8,13-14,18-19,27,31H,5-6,9-12,15H2,1H3/t18-,27-/m1/s1. The number of hydrogen-bond acceptors (Lipinski definition) is 6. The summed E-state index contributed by atoms with van der Waals surface area (Å²) in [6.07, 6.45) is 4.93. The number of allylic oxidation sites excluding steroid dienone is 3. The number of halogens is 1. The predicted molar refractivity (Wildman–Crippen MR) is 138 cm³/mol. The van der Waals surface area contributed by atoms with Crippen LogP contribution in [-0.2, 0) is 14.3 Å². The Bertz CT molecular complexity index is 1290. The van der Waals surface area contributed by atoms with E-state index in [-0.39, 0.29) is 30.6 Å². The molecule has 2 aliphatic heterocycles. The van der Waals surface area contributed by atoms with Crippen LogP contribution in [0.25, 0.3) is 0 Å². The Morgan fingerprint density at radius 3 is 2.53 bits per heavy atom. The number of hydrogen-bond donors (Lipinski definition) is 1. The van der Waals surface area contributed by atoms with Crippen LogP contribution in [0.1, 0.15) is 68.4 Å². The number of rotatable bonds is 4. The first-order valence-corrected chi connectivity index (χ1v) is 13.4. The van der Waals surface area contributed by atoms with Crippen molar-refractivity contribution < 1.29 is 23.8 Å². The van der Waals surface area contributed by atoms with Gasteiger partial charge in [0, 0.05) is 33.8 Å². The van der Waals surface area contributed by atoms with Crippen molar-refractivity contribution in [2.24, 2.45) is 0 Å². The maximum absolute atomic E-state index is 13.8. The Labute approximate surface area is 218 Å². The molecule has 2 atom stereocenters. The molecule has 7 heteroatoms. The number of carbonyl (C=O) groups excluding carboxylic acids is 2. The van der Waals surface area contributed by atoms with Gasteiger partial charge in [-0.15, -0.1) is 0 Å². The molecule has 1 fully saturated rings. The molecule has 2 aromatic carbocycles. The van der Waals surface area contributed by atoms with Gasteiger partial charge >= 0.3 is 5.97 Å². The SMILES string of the molecule is CC1=C(C(=O)OC2CCCC2)[C@@H](c2cc3c(cc2Br)OCO3)C2=C(C[C@@H](c3ccccc3)CC2=O)N1. The molecule has 2 aliphatic carbocycles. The van der Waals surface area contributed by atoms with Crippen molar-refractivity contribution >= 4 is 27.7 Å². The Morgan fingerprint density at radius 2 is 1.78 bits per heavy atom. The van der Waals surface area contributed by atoms with E-state index < -0.39 is 5.92 Å². The Balaban J connectivity index is 1.44. The van der Waals surface area contributed by atoms with E-state index in [9.17, 15) is 9.59 Å². The van der Waals surface area contributed by atoms with Gasteiger partial charge in [-0.25, -0.2) is 4.79 Å². The Morgan fingerprint density at radius 1 is 1.06 bits per heavy atom. The van der Waals surface area contributed by atoms with Crippen molar-refractivity contribution in [2.45, 2.75) is 63.4 Å². The highest BCUT2D eigenvalue weighted by molar-refractivity contribution is 9.10. The van der Waals surface area contributed by atoms with Crippen LogP contribution in [0.2, 0.25) is 0 Å². The van der Waals surface area contributed by atoms with Crippen molar-refractivity contribution in [1.29, 1.82) is 0 Å². The number of esters is 1. The lowest BCUT2D eigenvalue weighted by molar-refractivity contribution is -0.144. The lowest BCUT2D eigenvalue weighted by Gasteiger charge is -2.37. The van der Waals surface area contributed by atoms with Crippen LogP contribution in [0.4, 0.5) is 0 Å². The van der Waals surface area contributed by atoms with E-state index in [0.29, 0.717) is 35.5 Å². The molecule has 186 valence electrons. The van der Waals surface area contributed by atoms with Crippen LogP contribution in [0.5, 0.6) is 11.5 Å². The van der Waals surface area contributed by atoms with Gasteiger partial charge in [0.25, 0.3) is 0 Å². The summed E-state index contributed by atoms with van der Waals surface area (Å²) in [5, 5.41) is 3.44. The van der Waals surface area contributed by atoms with Crippen LogP contribution < -0.4 is 14.8 Å². The zero-order chi connectivity index (χ0) is 24.8. The first-order valence-electron chi connectivity index (χ1n) is 12.6. The molecule has 0 spiro atoms. The molecule has 0 radical (unpaired) electrons.